The van der Waals surface area contributed by atoms with E-state index in [4.69, 9.17) is 6.42 Å². The normalized spacial score (nSPS) is 20.6. The van der Waals surface area contributed by atoms with Gasteiger partial charge in [0.2, 0.25) is 41.4 Å². The van der Waals surface area contributed by atoms with E-state index in [2.05, 4.69) is 48.0 Å². The monoisotopic (exact) mass is 957 g/mol. The number of rotatable bonds is 14. The number of nitrogens with zero attached hydrogens (tertiary/aromatic N) is 1. The van der Waals surface area contributed by atoms with Crippen LogP contribution in [0.2, 0.25) is 0 Å². The van der Waals surface area contributed by atoms with Gasteiger partial charge in [-0.05, 0) is 23.3 Å². The van der Waals surface area contributed by atoms with Gasteiger partial charge < -0.3 is 42.1 Å². The van der Waals surface area contributed by atoms with Crippen LogP contribution in [0.3, 0.4) is 0 Å². The molecule has 5 aliphatic rings. The molecule has 19 nitrogen and oxygen atoms in total. The SMILES string of the molecule is C.C.C.C.C.C.C.C.C.C.C.C.C#CCNC(=O)CNC(=O)CNC(=O)CC1SCC2CC(=O)NC21.O=C(CNC(=O)CC1SCC2CC(=O)NC21)NCC(=O)ON1C(=O)CCC1=O. The van der Waals surface area contributed by atoms with E-state index in [1.165, 1.54) is 0 Å². The molecule has 5 heterocycles. The lowest BCUT2D eigenvalue weighted by Crippen LogP contribution is -2.43. The zero-order valence-corrected chi connectivity index (χ0v) is 29.6. The molecule has 0 aromatic heterocycles. The molecular formula is C43H88N8O11S2. The van der Waals surface area contributed by atoms with Crippen LogP contribution >= 0.6 is 23.5 Å². The van der Waals surface area contributed by atoms with Gasteiger partial charge in [-0.1, -0.05) is 95.0 Å². The summed E-state index contributed by atoms with van der Waals surface area (Å²) in [5, 5.41) is 18.2. The number of terminal acetylenes is 1. The van der Waals surface area contributed by atoms with Crippen molar-refractivity contribution in [1.82, 2.24) is 42.3 Å². The molecule has 9 amide bonds. The smallest absolute Gasteiger partial charge is 0.352 e. The second kappa shape index (κ2) is 38.6. The molecule has 0 spiro atoms. The zero-order valence-electron chi connectivity index (χ0n) is 28.0. The molecule has 5 aliphatic heterocycles. The average molecular weight is 957 g/mol. The molecule has 64 heavy (non-hydrogen) atoms. The van der Waals surface area contributed by atoms with E-state index in [1.807, 2.05) is 0 Å². The minimum atomic E-state index is -0.964. The molecule has 0 aromatic rings. The first-order valence-corrected chi connectivity index (χ1v) is 18.6. The maximum Gasteiger partial charge on any atom is 0.352 e. The minimum Gasteiger partial charge on any atom is -0.352 e. The summed E-state index contributed by atoms with van der Waals surface area (Å²) in [4.78, 5) is 120. The van der Waals surface area contributed by atoms with E-state index in [0.29, 0.717) is 23.8 Å². The summed E-state index contributed by atoms with van der Waals surface area (Å²) in [6, 6.07) is 0.0322. The Morgan fingerprint density at radius 2 is 0.906 bits per heavy atom. The topological polar surface area (TPSA) is 267 Å². The molecule has 0 radical (unpaired) electrons. The van der Waals surface area contributed by atoms with Gasteiger partial charge in [-0.15, -0.1) is 11.5 Å². The molecule has 0 aromatic carbocycles. The molecular weight excluding hydrogens is 869 g/mol. The van der Waals surface area contributed by atoms with Gasteiger partial charge in [0.25, 0.3) is 11.8 Å². The van der Waals surface area contributed by atoms with Crippen molar-refractivity contribution >= 4 is 82.7 Å². The molecule has 21 heteroatoms. The fourth-order valence-electron chi connectivity index (χ4n) is 5.99. The van der Waals surface area contributed by atoms with Crippen molar-refractivity contribution in [2.45, 2.75) is 150 Å². The second-order valence-electron chi connectivity index (χ2n) is 12.4. The van der Waals surface area contributed by atoms with Crippen molar-refractivity contribution in [3.8, 4) is 12.3 Å². The van der Waals surface area contributed by atoms with Gasteiger partial charge in [-0.3, -0.25) is 43.2 Å². The molecule has 7 N–H and O–H groups in total. The van der Waals surface area contributed by atoms with Crippen LogP contribution in [-0.4, -0.2) is 131 Å². The largest absolute Gasteiger partial charge is 0.352 e. The van der Waals surface area contributed by atoms with Crippen LogP contribution in [0.15, 0.2) is 0 Å². The third-order valence-electron chi connectivity index (χ3n) is 8.54. The lowest BCUT2D eigenvalue weighted by atomic mass is 9.99. The third kappa shape index (κ3) is 24.3. The van der Waals surface area contributed by atoms with Gasteiger partial charge in [0.05, 0.1) is 26.2 Å². The molecule has 6 unspecified atom stereocenters. The van der Waals surface area contributed by atoms with Crippen LogP contribution in [0.25, 0.3) is 0 Å². The standard InChI is InChI=1S/C16H20N4O7S.C15H20N4O4S.12CH4/c21-10(4-9-16-8(7-28-9)3-11(22)19-16)17-5-12(23)18-6-15(26)27-20-13(24)1-2-14(20)25;1-2-3-16-13(22)6-18-14(23)7-17-11(20)5-10-15-9(8-24-10)4-12(21)19-15;;;;;;;;;;;;/h8-9,16H,1-7H2,(H,17,21)(H,18,23)(H,19,22);1,9-10,15H,3-8H2,(H,16,22)(H,17,20)(H,18,23)(H,19,21);12*1H4. The van der Waals surface area contributed by atoms with Crippen molar-refractivity contribution < 1.29 is 52.8 Å². The molecule has 0 saturated carbocycles. The van der Waals surface area contributed by atoms with E-state index in [1.54, 1.807) is 23.5 Å². The Kier molecular flexibility index (Phi) is 48.0. The average Bonchev–Trinajstić information content (AvgIpc) is 3.92. The van der Waals surface area contributed by atoms with Crippen molar-refractivity contribution in [3.63, 3.8) is 0 Å². The number of amides is 9. The highest BCUT2D eigenvalue weighted by Gasteiger charge is 2.45. The Morgan fingerprint density at radius 1 is 0.562 bits per heavy atom. The van der Waals surface area contributed by atoms with Crippen molar-refractivity contribution in [2.24, 2.45) is 11.8 Å². The first-order chi connectivity index (χ1) is 24.8. The van der Waals surface area contributed by atoms with Crippen LogP contribution in [-0.2, 0) is 52.8 Å². The Bertz CT molecular complexity index is 1510. The lowest BCUT2D eigenvalue weighted by molar-refractivity contribution is -0.196. The van der Waals surface area contributed by atoms with Gasteiger partial charge in [-0.2, -0.15) is 23.5 Å². The summed E-state index contributed by atoms with van der Waals surface area (Å²) in [6.45, 7) is -1.15. The van der Waals surface area contributed by atoms with E-state index in [-0.39, 0.29) is 193 Å². The van der Waals surface area contributed by atoms with Crippen LogP contribution in [0, 0.1) is 24.2 Å². The predicted octanol–water partition coefficient (Wildman–Crippen LogP) is 3.45. The van der Waals surface area contributed by atoms with Gasteiger partial charge in [0.1, 0.15) is 6.54 Å². The molecule has 5 rings (SSSR count). The van der Waals surface area contributed by atoms with Gasteiger partial charge in [0.15, 0.2) is 0 Å². The highest BCUT2D eigenvalue weighted by atomic mass is 32.2. The number of imide groups is 1. The third-order valence-corrected chi connectivity index (χ3v) is 11.6. The maximum absolute atomic E-state index is 12.0. The Labute approximate surface area is 395 Å². The van der Waals surface area contributed by atoms with Gasteiger partial charge in [0, 0.05) is 61.1 Å². The maximum atomic E-state index is 12.0. The number of fused-ring (bicyclic) bond motifs is 2. The first kappa shape index (κ1) is 79.5. The Balaban J connectivity index is -0.000000115. The predicted molar refractivity (Wildman–Crippen MR) is 264 cm³/mol. The molecule has 378 valence electrons. The first-order valence-electron chi connectivity index (χ1n) is 16.5. The second-order valence-corrected chi connectivity index (χ2v) is 14.9. The number of carbonyl (C=O) groups excluding carboxylic acids is 10. The fourth-order valence-corrected chi connectivity index (χ4v) is 9.17. The molecule has 0 bridgehead atoms. The Morgan fingerprint density at radius 3 is 1.28 bits per heavy atom. The highest BCUT2D eigenvalue weighted by molar-refractivity contribution is 8.00. The highest BCUT2D eigenvalue weighted by Crippen LogP contribution is 2.39. The Hall–Kier alpha value is -4.84. The molecule has 5 fully saturated rings. The lowest BCUT2D eigenvalue weighted by Gasteiger charge is -2.17. The van der Waals surface area contributed by atoms with Crippen molar-refractivity contribution in [2.75, 3.05) is 44.2 Å². The summed E-state index contributed by atoms with van der Waals surface area (Å²) in [5.74, 6) is 0.315. The quantitative estimate of drug-likeness (QED) is 0.0973. The summed E-state index contributed by atoms with van der Waals surface area (Å²) < 4.78 is 0. The van der Waals surface area contributed by atoms with Crippen LogP contribution in [0.1, 0.15) is 128 Å². The van der Waals surface area contributed by atoms with Crippen LogP contribution < -0.4 is 37.2 Å². The number of nitrogens with one attached hydrogen (secondary N) is 7. The van der Waals surface area contributed by atoms with E-state index in [0.717, 1.165) is 11.5 Å². The van der Waals surface area contributed by atoms with E-state index < -0.39 is 42.0 Å². The van der Waals surface area contributed by atoms with Gasteiger partial charge >= 0.3 is 5.97 Å². The number of carbonyl (C=O) groups is 10. The van der Waals surface area contributed by atoms with Crippen LogP contribution in [0.5, 0.6) is 0 Å². The molecule has 6 atom stereocenters. The van der Waals surface area contributed by atoms with Crippen molar-refractivity contribution in [3.05, 3.63) is 0 Å². The summed E-state index contributed by atoms with van der Waals surface area (Å²) in [6.07, 6.45) is 6.41. The number of hydroxylamine groups is 2. The van der Waals surface area contributed by atoms with Crippen LogP contribution in [0.4, 0.5) is 0 Å². The summed E-state index contributed by atoms with van der Waals surface area (Å²) in [7, 11) is 0. The van der Waals surface area contributed by atoms with E-state index in [9.17, 15) is 47.9 Å². The fraction of sp³-hybridized carbons (Fsp3) is 0.721. The molecule has 5 saturated heterocycles. The van der Waals surface area contributed by atoms with E-state index >= 15 is 0 Å². The number of hydrogen-bond donors (Lipinski definition) is 7. The molecule has 0 aliphatic carbocycles. The summed E-state index contributed by atoms with van der Waals surface area (Å²) >= 11 is 3.31. The zero-order chi connectivity index (χ0) is 37.8. The van der Waals surface area contributed by atoms with Crippen molar-refractivity contribution in [1.29, 1.82) is 0 Å². The number of hydrogen-bond acceptors (Lipinski definition) is 13. The van der Waals surface area contributed by atoms with Gasteiger partial charge in [-0.25, -0.2) is 4.79 Å². The number of thioether (sulfide) groups is 2. The summed E-state index contributed by atoms with van der Waals surface area (Å²) in [5.41, 5.74) is 0. The minimum absolute atomic E-state index is 0.